The van der Waals surface area contributed by atoms with E-state index in [9.17, 15) is 0 Å². The predicted octanol–water partition coefficient (Wildman–Crippen LogP) is 4.81. The highest BCUT2D eigenvalue weighted by molar-refractivity contribution is 9.10. The second-order valence-electron chi connectivity index (χ2n) is 4.59. The van der Waals surface area contributed by atoms with Gasteiger partial charge in [-0.25, -0.2) is 0 Å². The van der Waals surface area contributed by atoms with Crippen LogP contribution < -0.4 is 5.73 Å². The van der Waals surface area contributed by atoms with Gasteiger partial charge in [-0.3, -0.25) is 5.10 Å². The van der Waals surface area contributed by atoms with Crippen molar-refractivity contribution in [3.63, 3.8) is 0 Å². The van der Waals surface area contributed by atoms with E-state index in [4.69, 9.17) is 5.73 Å². The molecule has 3 nitrogen and oxygen atoms in total. The van der Waals surface area contributed by atoms with E-state index in [1.807, 2.05) is 24.3 Å². The Bertz CT molecular complexity index is 748. The van der Waals surface area contributed by atoms with Crippen LogP contribution in [-0.2, 0) is 0 Å². The number of nitrogens with one attached hydrogen (secondary N) is 1. The van der Waals surface area contributed by atoms with E-state index in [2.05, 4.69) is 56.6 Å². The molecule has 0 spiro atoms. The fourth-order valence-electron chi connectivity index (χ4n) is 2.23. The van der Waals surface area contributed by atoms with E-state index in [0.29, 0.717) is 5.82 Å². The molecule has 3 N–H and O–H groups in total. The minimum absolute atomic E-state index is 0.515. The molecule has 0 atom stereocenters. The van der Waals surface area contributed by atoms with Gasteiger partial charge in [-0.1, -0.05) is 40.2 Å². The SMILES string of the molecule is CSc1ccc(-c2[nH]nc(N)c2-c2ccc(Br)cc2)cc1. The first-order valence-corrected chi connectivity index (χ1v) is 8.45. The van der Waals surface area contributed by atoms with Crippen LogP contribution in [0, 0.1) is 0 Å². The van der Waals surface area contributed by atoms with Crippen molar-refractivity contribution in [2.75, 3.05) is 12.0 Å². The van der Waals surface area contributed by atoms with Crippen LogP contribution in [0.5, 0.6) is 0 Å². The fraction of sp³-hybridized carbons (Fsp3) is 0.0625. The van der Waals surface area contributed by atoms with Gasteiger partial charge in [-0.05, 0) is 36.1 Å². The average molecular weight is 360 g/mol. The number of aromatic amines is 1. The summed E-state index contributed by atoms with van der Waals surface area (Å²) in [6, 6.07) is 16.4. The normalized spacial score (nSPS) is 10.8. The Labute approximate surface area is 136 Å². The summed E-state index contributed by atoms with van der Waals surface area (Å²) in [6.45, 7) is 0. The Kier molecular flexibility index (Phi) is 4.03. The van der Waals surface area contributed by atoms with Gasteiger partial charge in [-0.2, -0.15) is 5.10 Å². The number of hydrogen-bond donors (Lipinski definition) is 2. The molecule has 3 aromatic rings. The van der Waals surface area contributed by atoms with E-state index in [-0.39, 0.29) is 0 Å². The second-order valence-corrected chi connectivity index (χ2v) is 6.39. The lowest BCUT2D eigenvalue weighted by atomic mass is 10.0. The van der Waals surface area contributed by atoms with Crippen molar-refractivity contribution in [2.24, 2.45) is 0 Å². The molecule has 106 valence electrons. The molecule has 0 amide bonds. The first-order chi connectivity index (χ1) is 10.2. The van der Waals surface area contributed by atoms with Crippen molar-refractivity contribution in [1.29, 1.82) is 0 Å². The topological polar surface area (TPSA) is 54.7 Å². The maximum absolute atomic E-state index is 6.05. The summed E-state index contributed by atoms with van der Waals surface area (Å²) < 4.78 is 1.04. The molecule has 1 heterocycles. The summed E-state index contributed by atoms with van der Waals surface area (Å²) in [4.78, 5) is 1.23. The van der Waals surface area contributed by atoms with Crippen LogP contribution >= 0.6 is 27.7 Å². The number of H-pyrrole nitrogens is 1. The van der Waals surface area contributed by atoms with Gasteiger partial charge in [-0.15, -0.1) is 11.8 Å². The van der Waals surface area contributed by atoms with Crippen molar-refractivity contribution < 1.29 is 0 Å². The molecular formula is C16H14BrN3S. The maximum Gasteiger partial charge on any atom is 0.153 e. The van der Waals surface area contributed by atoms with Crippen LogP contribution in [0.25, 0.3) is 22.4 Å². The van der Waals surface area contributed by atoms with Crippen LogP contribution in [0.4, 0.5) is 5.82 Å². The summed E-state index contributed by atoms with van der Waals surface area (Å²) in [5, 5.41) is 7.22. The molecule has 0 aliphatic heterocycles. The molecule has 0 bridgehead atoms. The quantitative estimate of drug-likeness (QED) is 0.659. The monoisotopic (exact) mass is 359 g/mol. The zero-order valence-electron chi connectivity index (χ0n) is 11.4. The number of hydrogen-bond acceptors (Lipinski definition) is 3. The zero-order chi connectivity index (χ0) is 14.8. The second kappa shape index (κ2) is 5.95. The number of rotatable bonds is 3. The minimum atomic E-state index is 0.515. The Balaban J connectivity index is 2.09. The smallest absolute Gasteiger partial charge is 0.153 e. The molecule has 1 aromatic heterocycles. The number of nitrogens with two attached hydrogens (primary N) is 1. The third-order valence-electron chi connectivity index (χ3n) is 3.31. The molecule has 3 rings (SSSR count). The minimum Gasteiger partial charge on any atom is -0.382 e. The van der Waals surface area contributed by atoms with E-state index < -0.39 is 0 Å². The molecule has 0 aliphatic rings. The summed E-state index contributed by atoms with van der Waals surface area (Å²) >= 11 is 5.17. The van der Waals surface area contributed by atoms with E-state index in [1.54, 1.807) is 11.8 Å². The van der Waals surface area contributed by atoms with Gasteiger partial charge in [0.25, 0.3) is 0 Å². The van der Waals surface area contributed by atoms with Gasteiger partial charge in [0.05, 0.1) is 11.3 Å². The molecular weight excluding hydrogens is 346 g/mol. The number of nitrogen functional groups attached to an aromatic ring is 1. The molecule has 21 heavy (non-hydrogen) atoms. The van der Waals surface area contributed by atoms with Gasteiger partial charge < -0.3 is 5.73 Å². The van der Waals surface area contributed by atoms with Crippen molar-refractivity contribution in [2.45, 2.75) is 4.90 Å². The highest BCUT2D eigenvalue weighted by Crippen LogP contribution is 2.35. The molecule has 2 aromatic carbocycles. The standard InChI is InChI=1S/C16H14BrN3S/c1-21-13-8-4-11(5-9-13)15-14(16(18)20-19-15)10-2-6-12(17)7-3-10/h2-9H,1H3,(H3,18,19,20). The molecule has 0 aliphatic carbocycles. The Morgan fingerprint density at radius 1 is 1.00 bits per heavy atom. The van der Waals surface area contributed by atoms with Crippen molar-refractivity contribution in [3.8, 4) is 22.4 Å². The summed E-state index contributed by atoms with van der Waals surface area (Å²) in [5.41, 5.74) is 10.1. The van der Waals surface area contributed by atoms with Crippen LogP contribution in [0.1, 0.15) is 0 Å². The third kappa shape index (κ3) is 2.84. The molecule has 0 fully saturated rings. The number of benzene rings is 2. The number of halogens is 1. The molecule has 0 saturated carbocycles. The Morgan fingerprint density at radius 3 is 2.24 bits per heavy atom. The van der Waals surface area contributed by atoms with Gasteiger partial charge >= 0.3 is 0 Å². The first kappa shape index (κ1) is 14.2. The highest BCUT2D eigenvalue weighted by atomic mass is 79.9. The first-order valence-electron chi connectivity index (χ1n) is 6.43. The molecule has 5 heteroatoms. The van der Waals surface area contributed by atoms with E-state index >= 15 is 0 Å². The lowest BCUT2D eigenvalue weighted by Gasteiger charge is -2.06. The summed E-state index contributed by atoms with van der Waals surface area (Å²) in [6.07, 6.45) is 2.07. The van der Waals surface area contributed by atoms with E-state index in [1.165, 1.54) is 4.90 Å². The number of thioether (sulfide) groups is 1. The summed E-state index contributed by atoms with van der Waals surface area (Å²) in [7, 11) is 0. The summed E-state index contributed by atoms with van der Waals surface area (Å²) in [5.74, 6) is 0.515. The van der Waals surface area contributed by atoms with Crippen LogP contribution in [0.2, 0.25) is 0 Å². The lowest BCUT2D eigenvalue weighted by Crippen LogP contribution is -1.88. The highest BCUT2D eigenvalue weighted by Gasteiger charge is 2.14. The largest absolute Gasteiger partial charge is 0.382 e. The van der Waals surface area contributed by atoms with Gasteiger partial charge in [0.2, 0.25) is 0 Å². The lowest BCUT2D eigenvalue weighted by molar-refractivity contribution is 1.10. The zero-order valence-corrected chi connectivity index (χ0v) is 13.8. The fourth-order valence-corrected chi connectivity index (χ4v) is 2.90. The predicted molar refractivity (Wildman–Crippen MR) is 93.4 cm³/mol. The molecule has 0 saturated heterocycles. The van der Waals surface area contributed by atoms with Crippen molar-refractivity contribution in [3.05, 3.63) is 53.0 Å². The van der Waals surface area contributed by atoms with Crippen LogP contribution in [0.15, 0.2) is 57.9 Å². The maximum atomic E-state index is 6.05. The Morgan fingerprint density at radius 2 is 1.62 bits per heavy atom. The number of nitrogens with zero attached hydrogens (tertiary/aromatic N) is 1. The van der Waals surface area contributed by atoms with Gasteiger partial charge in [0, 0.05) is 14.9 Å². The van der Waals surface area contributed by atoms with E-state index in [0.717, 1.165) is 26.9 Å². The third-order valence-corrected chi connectivity index (χ3v) is 4.58. The molecule has 0 radical (unpaired) electrons. The average Bonchev–Trinajstić information content (AvgIpc) is 2.90. The Hall–Kier alpha value is -1.72. The van der Waals surface area contributed by atoms with Crippen molar-refractivity contribution >= 4 is 33.5 Å². The number of aromatic nitrogens is 2. The van der Waals surface area contributed by atoms with Gasteiger partial charge in [0.1, 0.15) is 0 Å². The van der Waals surface area contributed by atoms with Crippen LogP contribution in [-0.4, -0.2) is 16.5 Å². The number of anilines is 1. The van der Waals surface area contributed by atoms with Gasteiger partial charge in [0.15, 0.2) is 5.82 Å². The van der Waals surface area contributed by atoms with Crippen molar-refractivity contribution in [1.82, 2.24) is 10.2 Å². The molecule has 0 unspecified atom stereocenters. The van der Waals surface area contributed by atoms with Crippen LogP contribution in [0.3, 0.4) is 0 Å².